The molecule has 1 aliphatic rings. The molecule has 3 aromatic rings. The number of nitrogens with zero attached hydrogens (tertiary/aromatic N) is 2. The zero-order valence-electron chi connectivity index (χ0n) is 16.8. The topological polar surface area (TPSA) is 82.8 Å². The molecule has 2 aromatic carbocycles. The van der Waals surface area contributed by atoms with E-state index in [1.165, 1.54) is 0 Å². The number of aromatic nitrogens is 1. The van der Waals surface area contributed by atoms with Gasteiger partial charge >= 0.3 is 0 Å². The van der Waals surface area contributed by atoms with E-state index in [1.807, 2.05) is 12.1 Å². The Balaban J connectivity index is 1.71. The van der Waals surface area contributed by atoms with Crippen molar-refractivity contribution in [2.24, 2.45) is 0 Å². The van der Waals surface area contributed by atoms with Crippen molar-refractivity contribution < 1.29 is 23.7 Å². The Hall–Kier alpha value is -3.63. The van der Waals surface area contributed by atoms with E-state index in [-0.39, 0.29) is 18.2 Å². The van der Waals surface area contributed by atoms with E-state index in [1.54, 1.807) is 43.6 Å². The van der Waals surface area contributed by atoms with Gasteiger partial charge in [-0.05, 0) is 36.8 Å². The van der Waals surface area contributed by atoms with Crippen molar-refractivity contribution in [2.75, 3.05) is 26.4 Å². The summed E-state index contributed by atoms with van der Waals surface area (Å²) in [7, 11) is 1.59. The minimum Gasteiger partial charge on any atom is -0.497 e. The maximum absolute atomic E-state index is 9.90. The van der Waals surface area contributed by atoms with Crippen LogP contribution in [0.25, 0.3) is 11.1 Å². The highest BCUT2D eigenvalue weighted by Gasteiger charge is 2.19. The second kappa shape index (κ2) is 9.45. The third-order valence-corrected chi connectivity index (χ3v) is 4.87. The Labute approximate surface area is 184 Å². The zero-order valence-corrected chi connectivity index (χ0v) is 17.5. The predicted octanol–water partition coefficient (Wildman–Crippen LogP) is 5.16. The first kappa shape index (κ1) is 20.6. The number of alkyl halides is 1. The molecule has 8 heteroatoms. The first-order chi connectivity index (χ1) is 15.2. The fourth-order valence-electron chi connectivity index (χ4n) is 3.11. The number of halogens is 1. The summed E-state index contributed by atoms with van der Waals surface area (Å²) in [6.45, 7) is 0.608. The molecule has 0 atom stereocenters. The van der Waals surface area contributed by atoms with Crippen molar-refractivity contribution in [2.45, 2.75) is 6.42 Å². The molecule has 0 aliphatic carbocycles. The summed E-state index contributed by atoms with van der Waals surface area (Å²) < 4.78 is 27.9. The van der Waals surface area contributed by atoms with Crippen molar-refractivity contribution in [1.29, 1.82) is 5.26 Å². The number of hydrogen-bond donors (Lipinski definition) is 0. The maximum atomic E-state index is 9.90. The number of fused-ring (bicyclic) bond motifs is 1. The number of ether oxygens (including phenoxy) is 5. The number of hydrogen-bond acceptors (Lipinski definition) is 7. The highest BCUT2D eigenvalue weighted by atomic mass is 35.5. The molecular weight excluding hydrogens is 420 g/mol. The van der Waals surface area contributed by atoms with E-state index in [2.05, 4.69) is 11.1 Å². The standard InChI is InChI=1S/C23H19ClN2O5/c1-27-15-3-5-18(21(11-15)28-10-2-8-24)17-7-9-26-23(19(17)13-25)31-16-4-6-20-22(12-16)30-14-29-20/h3-7,9,11-12H,2,8,10,14H2,1H3. The molecule has 4 rings (SSSR count). The van der Waals surface area contributed by atoms with Crippen molar-refractivity contribution in [1.82, 2.24) is 4.98 Å². The zero-order chi connectivity index (χ0) is 21.6. The van der Waals surface area contributed by atoms with Gasteiger partial charge < -0.3 is 23.7 Å². The number of pyridine rings is 1. The lowest BCUT2D eigenvalue weighted by atomic mass is 10.0. The Morgan fingerprint density at radius 1 is 1.06 bits per heavy atom. The van der Waals surface area contributed by atoms with Gasteiger partial charge in [0.2, 0.25) is 12.7 Å². The van der Waals surface area contributed by atoms with Gasteiger partial charge in [0.05, 0.1) is 13.7 Å². The quantitative estimate of drug-likeness (QED) is 0.355. The molecule has 0 saturated carbocycles. The van der Waals surface area contributed by atoms with Crippen LogP contribution in [0.15, 0.2) is 48.7 Å². The van der Waals surface area contributed by atoms with Crippen LogP contribution in [-0.4, -0.2) is 31.4 Å². The van der Waals surface area contributed by atoms with Crippen LogP contribution in [0.2, 0.25) is 0 Å². The van der Waals surface area contributed by atoms with Crippen LogP contribution in [-0.2, 0) is 0 Å². The molecule has 0 spiro atoms. The normalized spacial score (nSPS) is 11.6. The second-order valence-electron chi connectivity index (χ2n) is 6.52. The molecule has 0 bridgehead atoms. The van der Waals surface area contributed by atoms with Crippen LogP contribution in [0.3, 0.4) is 0 Å². The van der Waals surface area contributed by atoms with Crippen LogP contribution < -0.4 is 23.7 Å². The molecule has 1 aromatic heterocycles. The van der Waals surface area contributed by atoms with Gasteiger partial charge in [0.15, 0.2) is 11.5 Å². The van der Waals surface area contributed by atoms with Crippen LogP contribution >= 0.6 is 11.6 Å². The van der Waals surface area contributed by atoms with Gasteiger partial charge in [-0.1, -0.05) is 0 Å². The highest BCUT2D eigenvalue weighted by Crippen LogP contribution is 2.40. The number of benzene rings is 2. The fraction of sp³-hybridized carbons (Fsp3) is 0.217. The van der Waals surface area contributed by atoms with Crippen molar-refractivity contribution >= 4 is 11.6 Å². The lowest BCUT2D eigenvalue weighted by molar-refractivity contribution is 0.174. The van der Waals surface area contributed by atoms with Crippen molar-refractivity contribution in [3.05, 3.63) is 54.2 Å². The van der Waals surface area contributed by atoms with Crippen LogP contribution in [0.4, 0.5) is 0 Å². The lowest BCUT2D eigenvalue weighted by Crippen LogP contribution is -2.01. The van der Waals surface area contributed by atoms with E-state index in [4.69, 9.17) is 35.3 Å². The first-order valence-corrected chi connectivity index (χ1v) is 10.1. The van der Waals surface area contributed by atoms with Crippen molar-refractivity contribution in [3.63, 3.8) is 0 Å². The monoisotopic (exact) mass is 438 g/mol. The molecule has 0 amide bonds. The molecule has 0 fully saturated rings. The molecule has 31 heavy (non-hydrogen) atoms. The summed E-state index contributed by atoms with van der Waals surface area (Å²) in [5, 5.41) is 9.90. The average molecular weight is 439 g/mol. The van der Waals surface area contributed by atoms with Gasteiger partial charge in [-0.2, -0.15) is 5.26 Å². The Bertz CT molecular complexity index is 1130. The minimum absolute atomic E-state index is 0.167. The van der Waals surface area contributed by atoms with Gasteiger partial charge in [-0.25, -0.2) is 4.98 Å². The van der Waals surface area contributed by atoms with E-state index in [0.717, 1.165) is 5.56 Å². The molecule has 158 valence electrons. The molecule has 0 saturated heterocycles. The van der Waals surface area contributed by atoms with Crippen LogP contribution in [0.1, 0.15) is 12.0 Å². The third kappa shape index (κ3) is 4.44. The van der Waals surface area contributed by atoms with Gasteiger partial charge in [0.1, 0.15) is 28.9 Å². The number of nitriles is 1. The minimum atomic E-state index is 0.167. The van der Waals surface area contributed by atoms with Gasteiger partial charge in [0, 0.05) is 35.3 Å². The maximum Gasteiger partial charge on any atom is 0.237 e. The third-order valence-electron chi connectivity index (χ3n) is 4.60. The smallest absolute Gasteiger partial charge is 0.237 e. The SMILES string of the molecule is COc1ccc(-c2ccnc(Oc3ccc4c(c3)OCO4)c2C#N)c(OCCCCl)c1. The molecule has 1 aliphatic heterocycles. The summed E-state index contributed by atoms with van der Waals surface area (Å²) in [5.41, 5.74) is 1.65. The summed E-state index contributed by atoms with van der Waals surface area (Å²) in [6, 6.07) is 14.6. The van der Waals surface area contributed by atoms with Gasteiger partial charge in [-0.15, -0.1) is 11.6 Å². The molecular formula is C23H19ClN2O5. The van der Waals surface area contributed by atoms with E-state index >= 15 is 0 Å². The largest absolute Gasteiger partial charge is 0.497 e. The summed E-state index contributed by atoms with van der Waals surface area (Å²) in [4.78, 5) is 4.26. The van der Waals surface area contributed by atoms with Crippen molar-refractivity contribution in [3.8, 4) is 51.8 Å². The Morgan fingerprint density at radius 2 is 1.90 bits per heavy atom. The van der Waals surface area contributed by atoms with Crippen LogP contribution in [0.5, 0.6) is 34.6 Å². The summed E-state index contributed by atoms with van der Waals surface area (Å²) in [6.07, 6.45) is 2.28. The molecule has 2 heterocycles. The van der Waals surface area contributed by atoms with Crippen LogP contribution in [0, 0.1) is 11.3 Å². The van der Waals surface area contributed by atoms with Gasteiger partial charge in [0.25, 0.3) is 0 Å². The molecule has 7 nitrogen and oxygen atoms in total. The number of rotatable bonds is 8. The van der Waals surface area contributed by atoms with E-state index < -0.39 is 0 Å². The van der Waals surface area contributed by atoms with E-state index in [0.29, 0.717) is 53.2 Å². The molecule has 0 radical (unpaired) electrons. The second-order valence-corrected chi connectivity index (χ2v) is 6.90. The van der Waals surface area contributed by atoms with Gasteiger partial charge in [-0.3, -0.25) is 0 Å². The highest BCUT2D eigenvalue weighted by molar-refractivity contribution is 6.17. The lowest BCUT2D eigenvalue weighted by Gasteiger charge is -2.15. The Morgan fingerprint density at radius 3 is 2.71 bits per heavy atom. The predicted molar refractivity (Wildman–Crippen MR) is 114 cm³/mol. The summed E-state index contributed by atoms with van der Waals surface area (Å²) >= 11 is 5.77. The summed E-state index contributed by atoms with van der Waals surface area (Å²) in [5.74, 6) is 3.62. The van der Waals surface area contributed by atoms with E-state index in [9.17, 15) is 5.26 Å². The molecule has 0 unspecified atom stereocenters. The Kier molecular flexibility index (Phi) is 6.29. The fourth-order valence-corrected chi connectivity index (χ4v) is 3.22. The average Bonchev–Trinajstić information content (AvgIpc) is 3.27. The first-order valence-electron chi connectivity index (χ1n) is 9.57. The molecule has 0 N–H and O–H groups in total. The number of methoxy groups -OCH3 is 1.